The van der Waals surface area contributed by atoms with Crippen LogP contribution in [-0.2, 0) is 25.6 Å². The van der Waals surface area contributed by atoms with Gasteiger partial charge in [-0.2, -0.15) is 0 Å². The van der Waals surface area contributed by atoms with Gasteiger partial charge in [-0.15, -0.1) is 17.0 Å². The van der Waals surface area contributed by atoms with E-state index in [0.717, 1.165) is 0 Å². The maximum Gasteiger partial charge on any atom is 0.303 e. The number of Topliss-reactive ketones (excluding diaryl/α,β-unsaturated/α-hetero) is 2. The maximum atomic E-state index is 13.7. The molecule has 0 saturated heterocycles. The van der Waals surface area contributed by atoms with Crippen molar-refractivity contribution in [2.24, 2.45) is 17.6 Å². The lowest BCUT2D eigenvalue weighted by Gasteiger charge is -2.50. The number of phenols is 1. The van der Waals surface area contributed by atoms with Crippen LogP contribution in [0.5, 0.6) is 5.75 Å². The number of aliphatic hydroxyl groups is 3. The number of fused-ring (bicyclic) bond motifs is 3. The first-order valence-electron chi connectivity index (χ1n) is 12.3. The third-order valence-electron chi connectivity index (χ3n) is 7.75. The highest BCUT2D eigenvalue weighted by atomic mass is 79.9. The average Bonchev–Trinajstić information content (AvgIpc) is 2.85. The molecule has 4 rings (SSSR count). The van der Waals surface area contributed by atoms with Crippen LogP contribution >= 0.6 is 32.9 Å². The van der Waals surface area contributed by atoms with Gasteiger partial charge in [-0.05, 0) is 50.9 Å². The summed E-state index contributed by atoms with van der Waals surface area (Å²) >= 11 is 3.09. The topological polar surface area (TPSA) is 228 Å². The lowest BCUT2D eigenvalue weighted by molar-refractivity contribution is -0.148. The summed E-state index contributed by atoms with van der Waals surface area (Å²) in [4.78, 5) is 62.9. The fourth-order valence-electron chi connectivity index (χ4n) is 5.92. The number of halogens is 2. The van der Waals surface area contributed by atoms with Crippen LogP contribution in [0.15, 0.2) is 34.8 Å². The second kappa shape index (κ2) is 11.5. The third kappa shape index (κ3) is 5.15. The second-order valence-corrected chi connectivity index (χ2v) is 11.5. The number of aromatic hydroxyl groups is 1. The summed E-state index contributed by atoms with van der Waals surface area (Å²) in [5.74, 6) is -9.40. The second-order valence-electron chi connectivity index (χ2n) is 10.3. The van der Waals surface area contributed by atoms with Crippen LogP contribution < -0.4 is 11.1 Å². The summed E-state index contributed by atoms with van der Waals surface area (Å²) in [7, 11) is 3.08. The molecule has 13 nitrogen and oxygen atoms in total. The molecule has 0 bridgehead atoms. The van der Waals surface area contributed by atoms with Crippen molar-refractivity contribution in [2.75, 3.05) is 19.4 Å². The van der Waals surface area contributed by atoms with Gasteiger partial charge in [-0.3, -0.25) is 28.9 Å². The highest BCUT2D eigenvalue weighted by Gasteiger charge is 2.63. The van der Waals surface area contributed by atoms with E-state index in [-0.39, 0.29) is 59.5 Å². The summed E-state index contributed by atoms with van der Waals surface area (Å²) in [6.45, 7) is 0. The molecule has 0 spiro atoms. The molecular weight excluding hydrogens is 674 g/mol. The van der Waals surface area contributed by atoms with Gasteiger partial charge in [0.15, 0.2) is 17.1 Å². The first kappa shape index (κ1) is 32.2. The number of allylic oxidation sites excluding steroid dienone is 1. The number of primary amides is 1. The van der Waals surface area contributed by atoms with Crippen molar-refractivity contribution >= 4 is 67.9 Å². The number of aliphatic carboxylic acids is 1. The van der Waals surface area contributed by atoms with E-state index in [2.05, 4.69) is 21.2 Å². The number of nitrogens with zero attached hydrogens (tertiary/aromatic N) is 1. The van der Waals surface area contributed by atoms with Crippen molar-refractivity contribution in [3.63, 3.8) is 0 Å². The molecule has 0 radical (unpaired) electrons. The van der Waals surface area contributed by atoms with Gasteiger partial charge in [0, 0.05) is 17.9 Å². The minimum absolute atomic E-state index is 0. The summed E-state index contributed by atoms with van der Waals surface area (Å²) < 4.78 is 0. The molecule has 41 heavy (non-hydrogen) atoms. The number of carboxylic acid groups (broad SMARTS) is 1. The molecule has 3 aliphatic rings. The van der Waals surface area contributed by atoms with Gasteiger partial charge in [0.1, 0.15) is 17.1 Å². The molecule has 15 heteroatoms. The number of aliphatic hydroxyl groups excluding tert-OH is 2. The average molecular weight is 703 g/mol. The molecule has 4 unspecified atom stereocenters. The van der Waals surface area contributed by atoms with Crippen LogP contribution in [0.4, 0.5) is 5.69 Å². The van der Waals surface area contributed by atoms with Crippen molar-refractivity contribution in [2.45, 2.75) is 42.2 Å². The van der Waals surface area contributed by atoms with Crippen LogP contribution in [-0.4, -0.2) is 90.3 Å². The van der Waals surface area contributed by atoms with E-state index >= 15 is 0 Å². The normalized spacial score (nSPS) is 26.0. The number of nitrogens with one attached hydrogen (secondary N) is 1. The van der Waals surface area contributed by atoms with E-state index < -0.39 is 80.5 Å². The summed E-state index contributed by atoms with van der Waals surface area (Å²) in [5, 5.41) is 55.9. The Morgan fingerprint density at radius 3 is 2.39 bits per heavy atom. The number of carboxylic acids is 1. The molecule has 1 aromatic carbocycles. The Morgan fingerprint density at radius 2 is 1.83 bits per heavy atom. The Balaban J connectivity index is 0.00000462. The highest BCUT2D eigenvalue weighted by molar-refractivity contribution is 9.10. The van der Waals surface area contributed by atoms with Crippen LogP contribution in [0.25, 0.3) is 0 Å². The lowest BCUT2D eigenvalue weighted by atomic mass is 9.58. The van der Waals surface area contributed by atoms with E-state index in [1.807, 2.05) is 0 Å². The Labute approximate surface area is 252 Å². The number of anilines is 1. The SMILES string of the molecule is Br.CN(C)C1C(O)=C(C(N)=O)C(=O)C2(O)C(O)=C3C(=O)c4c(ccc(NC(=O)[C@@H](Br)CCC(=O)O)c4O)CC3CC12. The summed E-state index contributed by atoms with van der Waals surface area (Å²) in [5.41, 5.74) is 1.34. The van der Waals surface area contributed by atoms with Gasteiger partial charge in [-0.25, -0.2) is 0 Å². The van der Waals surface area contributed by atoms with Crippen LogP contribution in [0.3, 0.4) is 0 Å². The van der Waals surface area contributed by atoms with Crippen molar-refractivity contribution in [3.8, 4) is 5.75 Å². The van der Waals surface area contributed by atoms with Crippen molar-refractivity contribution in [1.82, 2.24) is 4.90 Å². The molecule has 0 fully saturated rings. The first-order chi connectivity index (χ1) is 18.6. The van der Waals surface area contributed by atoms with Gasteiger partial charge in [-0.1, -0.05) is 22.0 Å². The molecule has 0 aromatic heterocycles. The van der Waals surface area contributed by atoms with Gasteiger partial charge in [0.2, 0.25) is 11.7 Å². The zero-order chi connectivity index (χ0) is 29.8. The van der Waals surface area contributed by atoms with Gasteiger partial charge in [0.05, 0.1) is 22.1 Å². The number of amides is 2. The van der Waals surface area contributed by atoms with E-state index in [9.17, 15) is 44.4 Å². The van der Waals surface area contributed by atoms with Gasteiger partial charge in [0.25, 0.3) is 5.91 Å². The van der Waals surface area contributed by atoms with E-state index in [1.165, 1.54) is 17.0 Å². The number of ketones is 2. The number of likely N-dealkylation sites (N-methyl/N-ethyl adjacent to an activating group) is 1. The van der Waals surface area contributed by atoms with Gasteiger partial charge >= 0.3 is 5.97 Å². The van der Waals surface area contributed by atoms with Crippen molar-refractivity contribution in [3.05, 3.63) is 45.9 Å². The van der Waals surface area contributed by atoms with Crippen molar-refractivity contribution in [1.29, 1.82) is 0 Å². The Kier molecular flexibility index (Phi) is 9.08. The molecule has 8 N–H and O–H groups in total. The smallest absolute Gasteiger partial charge is 0.303 e. The number of rotatable bonds is 7. The minimum atomic E-state index is -2.75. The van der Waals surface area contributed by atoms with Crippen LogP contribution in [0.1, 0.15) is 35.2 Å². The maximum absolute atomic E-state index is 13.7. The molecule has 222 valence electrons. The zero-order valence-electron chi connectivity index (χ0n) is 21.9. The van der Waals surface area contributed by atoms with Crippen molar-refractivity contribution < 1.29 is 49.5 Å². The summed E-state index contributed by atoms with van der Waals surface area (Å²) in [6.07, 6.45) is -0.252. The molecule has 5 atom stereocenters. The standard InChI is InChI=1S/C26H28BrN3O10.BrH/c1-30(2)18-11-8-10-7-9-3-5-13(29-25(39)12(27)4-6-14(31)32)19(33)15(9)20(34)16(10)22(36)26(11,40)23(37)17(21(18)35)24(28)38;/h3,5,10-12,18,33,35-36,40H,4,6-8H2,1-2H3,(H2,28,38)(H,29,39)(H,31,32);1H/t10?,11?,12-,18?,26?;/m0./s1. The number of carbonyl (C=O) groups excluding carboxylic acids is 4. The number of hydrogen-bond donors (Lipinski definition) is 7. The number of benzene rings is 1. The fraction of sp³-hybridized carbons (Fsp3) is 0.423. The molecule has 0 heterocycles. The van der Waals surface area contributed by atoms with E-state index in [4.69, 9.17) is 10.8 Å². The first-order valence-corrected chi connectivity index (χ1v) is 13.2. The van der Waals surface area contributed by atoms with Crippen LogP contribution in [0.2, 0.25) is 0 Å². The van der Waals surface area contributed by atoms with Gasteiger partial charge < -0.3 is 36.6 Å². The lowest BCUT2D eigenvalue weighted by Crippen LogP contribution is -2.63. The molecule has 3 aliphatic carbocycles. The molecule has 0 saturated carbocycles. The van der Waals surface area contributed by atoms with E-state index in [0.29, 0.717) is 5.56 Å². The number of alkyl halides is 1. The zero-order valence-corrected chi connectivity index (χ0v) is 25.2. The molecule has 1 aromatic rings. The highest BCUT2D eigenvalue weighted by Crippen LogP contribution is 2.52. The predicted octanol–water partition coefficient (Wildman–Crippen LogP) is 1.27. The molecule has 0 aliphatic heterocycles. The quantitative estimate of drug-likeness (QED) is 0.122. The number of phenolic OH excluding ortho intramolecular Hbond substituents is 1. The molecule has 2 amide bonds. The van der Waals surface area contributed by atoms with Crippen LogP contribution in [0, 0.1) is 11.8 Å². The predicted molar refractivity (Wildman–Crippen MR) is 152 cm³/mol. The Hall–Kier alpha value is -3.27. The minimum Gasteiger partial charge on any atom is -0.510 e. The largest absolute Gasteiger partial charge is 0.510 e. The third-order valence-corrected chi connectivity index (χ3v) is 8.62. The summed E-state index contributed by atoms with van der Waals surface area (Å²) in [6, 6.07) is 1.80. The Bertz CT molecular complexity index is 1420. The molecular formula is C26H29Br2N3O10. The van der Waals surface area contributed by atoms with E-state index in [1.54, 1.807) is 14.1 Å². The number of nitrogens with two attached hydrogens (primary N) is 1. The Morgan fingerprint density at radius 1 is 1.20 bits per heavy atom. The fourth-order valence-corrected chi connectivity index (χ4v) is 6.26. The monoisotopic (exact) mass is 701 g/mol. The number of carbonyl (C=O) groups is 5. The number of hydrogen-bond acceptors (Lipinski definition) is 10.